The fourth-order valence-corrected chi connectivity index (χ4v) is 9.98. The minimum absolute atomic E-state index is 0.124. The molecule has 0 amide bonds. The van der Waals surface area contributed by atoms with Crippen molar-refractivity contribution < 1.29 is 4.42 Å². The number of hydrogen-bond donors (Lipinski definition) is 0. The van der Waals surface area contributed by atoms with Crippen molar-refractivity contribution in [3.63, 3.8) is 0 Å². The van der Waals surface area contributed by atoms with E-state index in [4.69, 9.17) is 4.42 Å². The molecule has 2 nitrogen and oxygen atoms in total. The van der Waals surface area contributed by atoms with Crippen LogP contribution in [0.3, 0.4) is 0 Å². The van der Waals surface area contributed by atoms with E-state index < -0.39 is 0 Å². The smallest absolute Gasteiger partial charge is 0.137 e. The third kappa shape index (κ3) is 4.59. The van der Waals surface area contributed by atoms with Crippen molar-refractivity contribution in [2.75, 3.05) is 4.90 Å². The SMILES string of the molecule is CC1(C)c2ccccc2-c2c(N(c3ccc(-c4ccccc4)cc3)c3cccc4oc5cc(-c6ccc7c8c(cccc68)-c6ccccc6-7)ccc5c34)cccc21. The molecule has 2 aliphatic carbocycles. The molecule has 57 heavy (non-hydrogen) atoms. The molecule has 0 radical (unpaired) electrons. The molecule has 0 N–H and O–H groups in total. The molecule has 0 bridgehead atoms. The van der Waals surface area contributed by atoms with E-state index in [0.717, 1.165) is 44.6 Å². The van der Waals surface area contributed by atoms with Crippen LogP contribution in [0.2, 0.25) is 0 Å². The van der Waals surface area contributed by atoms with Crippen LogP contribution < -0.4 is 4.90 Å². The van der Waals surface area contributed by atoms with Crippen LogP contribution in [0.4, 0.5) is 17.1 Å². The molecule has 0 saturated carbocycles. The molecule has 0 unspecified atom stereocenters. The molecule has 2 aliphatic rings. The van der Waals surface area contributed by atoms with E-state index in [-0.39, 0.29) is 5.41 Å². The molecule has 10 aromatic rings. The summed E-state index contributed by atoms with van der Waals surface area (Å²) in [6.07, 6.45) is 0. The lowest BCUT2D eigenvalue weighted by Crippen LogP contribution is -2.16. The van der Waals surface area contributed by atoms with Gasteiger partial charge < -0.3 is 9.32 Å². The second kappa shape index (κ2) is 11.9. The second-order valence-corrected chi connectivity index (χ2v) is 16.0. The lowest BCUT2D eigenvalue weighted by atomic mass is 9.82. The average molecular weight is 728 g/mol. The Kier molecular flexibility index (Phi) is 6.72. The summed E-state index contributed by atoms with van der Waals surface area (Å²) in [5.41, 5.74) is 20.2. The Hall–Kier alpha value is -7.16. The van der Waals surface area contributed by atoms with E-state index in [1.807, 2.05) is 0 Å². The molecule has 0 fully saturated rings. The number of rotatable bonds is 5. The Labute approximate surface area is 331 Å². The first kappa shape index (κ1) is 32.1. The van der Waals surface area contributed by atoms with Gasteiger partial charge in [-0.25, -0.2) is 0 Å². The summed E-state index contributed by atoms with van der Waals surface area (Å²) in [4.78, 5) is 2.46. The third-order valence-electron chi connectivity index (χ3n) is 12.6. The lowest BCUT2D eigenvalue weighted by molar-refractivity contribution is 0.660. The van der Waals surface area contributed by atoms with Gasteiger partial charge in [0, 0.05) is 22.1 Å². The van der Waals surface area contributed by atoms with Gasteiger partial charge in [0.15, 0.2) is 0 Å². The molecule has 1 aromatic heterocycles. The second-order valence-electron chi connectivity index (χ2n) is 16.0. The zero-order valence-corrected chi connectivity index (χ0v) is 31.8. The predicted octanol–water partition coefficient (Wildman–Crippen LogP) is 15.5. The first-order chi connectivity index (χ1) is 28.0. The topological polar surface area (TPSA) is 16.4 Å². The molecule has 1 heterocycles. The van der Waals surface area contributed by atoms with Gasteiger partial charge >= 0.3 is 0 Å². The minimum Gasteiger partial charge on any atom is -0.456 e. The van der Waals surface area contributed by atoms with Gasteiger partial charge in [-0.05, 0) is 114 Å². The minimum atomic E-state index is -0.124. The Bertz CT molecular complexity index is 3230. The molecular weight excluding hydrogens is 691 g/mol. The quantitative estimate of drug-likeness (QED) is 0.175. The zero-order chi connectivity index (χ0) is 37.8. The van der Waals surface area contributed by atoms with E-state index >= 15 is 0 Å². The fourth-order valence-electron chi connectivity index (χ4n) is 9.98. The number of benzene rings is 9. The van der Waals surface area contributed by atoms with Gasteiger partial charge in [0.2, 0.25) is 0 Å². The van der Waals surface area contributed by atoms with E-state index in [2.05, 4.69) is 207 Å². The Morgan fingerprint density at radius 1 is 0.386 bits per heavy atom. The molecule has 268 valence electrons. The van der Waals surface area contributed by atoms with Crippen LogP contribution in [-0.4, -0.2) is 0 Å². The van der Waals surface area contributed by atoms with Crippen molar-refractivity contribution in [2.24, 2.45) is 0 Å². The lowest BCUT2D eigenvalue weighted by Gasteiger charge is -2.29. The van der Waals surface area contributed by atoms with Crippen molar-refractivity contribution in [1.29, 1.82) is 0 Å². The average Bonchev–Trinajstić information content (AvgIpc) is 3.88. The summed E-state index contributed by atoms with van der Waals surface area (Å²) in [6, 6.07) is 68.7. The van der Waals surface area contributed by atoms with E-state index in [9.17, 15) is 0 Å². The highest BCUT2D eigenvalue weighted by Gasteiger charge is 2.38. The Morgan fingerprint density at radius 3 is 1.82 bits per heavy atom. The predicted molar refractivity (Wildman–Crippen MR) is 239 cm³/mol. The summed E-state index contributed by atoms with van der Waals surface area (Å²) >= 11 is 0. The van der Waals surface area contributed by atoms with Gasteiger partial charge in [0.1, 0.15) is 11.2 Å². The molecule has 0 atom stereocenters. The van der Waals surface area contributed by atoms with Crippen molar-refractivity contribution in [3.8, 4) is 55.6 Å². The maximum atomic E-state index is 6.83. The highest BCUT2D eigenvalue weighted by molar-refractivity contribution is 6.20. The van der Waals surface area contributed by atoms with E-state index in [1.165, 1.54) is 72.0 Å². The normalized spacial score (nSPS) is 13.2. The van der Waals surface area contributed by atoms with Crippen molar-refractivity contribution >= 4 is 49.8 Å². The monoisotopic (exact) mass is 727 g/mol. The molecule has 0 spiro atoms. The summed E-state index contributed by atoms with van der Waals surface area (Å²) in [7, 11) is 0. The molecule has 2 heteroatoms. The van der Waals surface area contributed by atoms with Gasteiger partial charge in [-0.3, -0.25) is 0 Å². The van der Waals surface area contributed by atoms with Gasteiger partial charge in [-0.1, -0.05) is 159 Å². The number of furan rings is 1. The number of nitrogens with zero attached hydrogens (tertiary/aromatic N) is 1. The van der Waals surface area contributed by atoms with Crippen LogP contribution in [0.1, 0.15) is 25.0 Å². The number of anilines is 3. The summed E-state index contributed by atoms with van der Waals surface area (Å²) in [5.74, 6) is 0. The van der Waals surface area contributed by atoms with Gasteiger partial charge in [-0.2, -0.15) is 0 Å². The molecular formula is C55H37NO. The first-order valence-electron chi connectivity index (χ1n) is 19.8. The standard InChI is InChI=1S/C55H37NO/c1-55(2)46-20-9-8-17-44(46)53-47(55)21-11-22-48(53)56(37-28-25-35(26-29-37)34-13-4-3-5-14-34)49-23-12-24-50-54(49)45-30-27-36(33-51(45)57-50)38-31-32-43-40-16-7-6-15-39(40)42-19-10-18-41(38)52(42)43/h3-33H,1-2H3. The molecule has 0 aliphatic heterocycles. The van der Waals surface area contributed by atoms with Gasteiger partial charge in [0.05, 0.1) is 16.8 Å². The first-order valence-corrected chi connectivity index (χ1v) is 19.8. The van der Waals surface area contributed by atoms with E-state index in [0.29, 0.717) is 0 Å². The van der Waals surface area contributed by atoms with Crippen LogP contribution in [0.15, 0.2) is 192 Å². The summed E-state index contributed by atoms with van der Waals surface area (Å²) in [5, 5.41) is 4.80. The maximum absolute atomic E-state index is 6.83. The Balaban J connectivity index is 1.06. The molecule has 9 aromatic carbocycles. The van der Waals surface area contributed by atoms with Crippen molar-refractivity contribution in [1.82, 2.24) is 0 Å². The zero-order valence-electron chi connectivity index (χ0n) is 31.8. The fraction of sp³-hybridized carbons (Fsp3) is 0.0545. The van der Waals surface area contributed by atoms with Gasteiger partial charge in [-0.15, -0.1) is 0 Å². The summed E-state index contributed by atoms with van der Waals surface area (Å²) in [6.45, 7) is 4.70. The highest BCUT2D eigenvalue weighted by atomic mass is 16.3. The van der Waals surface area contributed by atoms with Crippen molar-refractivity contribution in [3.05, 3.63) is 199 Å². The maximum Gasteiger partial charge on any atom is 0.137 e. The third-order valence-corrected chi connectivity index (χ3v) is 12.6. The largest absolute Gasteiger partial charge is 0.456 e. The number of fused-ring (bicyclic) bond motifs is 9. The number of hydrogen-bond acceptors (Lipinski definition) is 2. The van der Waals surface area contributed by atoms with Crippen LogP contribution in [-0.2, 0) is 5.41 Å². The molecule has 0 saturated heterocycles. The van der Waals surface area contributed by atoms with Crippen LogP contribution in [0.5, 0.6) is 0 Å². The summed E-state index contributed by atoms with van der Waals surface area (Å²) < 4.78 is 6.83. The highest BCUT2D eigenvalue weighted by Crippen LogP contribution is 2.55. The van der Waals surface area contributed by atoms with Crippen molar-refractivity contribution in [2.45, 2.75) is 19.3 Å². The van der Waals surface area contributed by atoms with Crippen LogP contribution in [0.25, 0.3) is 88.3 Å². The van der Waals surface area contributed by atoms with E-state index in [1.54, 1.807) is 0 Å². The molecule has 12 rings (SSSR count). The van der Waals surface area contributed by atoms with Gasteiger partial charge in [0.25, 0.3) is 0 Å². The van der Waals surface area contributed by atoms with Crippen LogP contribution >= 0.6 is 0 Å². The Morgan fingerprint density at radius 2 is 1.00 bits per heavy atom. The van der Waals surface area contributed by atoms with Crippen LogP contribution in [0, 0.1) is 0 Å².